The van der Waals surface area contributed by atoms with E-state index in [-0.39, 0.29) is 22.2 Å². The molecule has 0 aliphatic rings. The summed E-state index contributed by atoms with van der Waals surface area (Å²) in [6.45, 7) is 11.7. The molecule has 1 aromatic heterocycles. The molecule has 1 aromatic carbocycles. The Balaban J connectivity index is 2.70. The zero-order valence-corrected chi connectivity index (χ0v) is 17.9. The van der Waals surface area contributed by atoms with Gasteiger partial charge < -0.3 is 14.9 Å². The number of hydrogen-bond acceptors (Lipinski definition) is 4. The Labute approximate surface area is 158 Å². The molecule has 0 aliphatic carbocycles. The van der Waals surface area contributed by atoms with E-state index in [1.54, 1.807) is 23.8 Å². The second kappa shape index (κ2) is 7.01. The van der Waals surface area contributed by atoms with Gasteiger partial charge in [0.25, 0.3) is 0 Å². The van der Waals surface area contributed by atoms with Gasteiger partial charge in [-0.3, -0.25) is 4.68 Å². The number of anilines is 1. The van der Waals surface area contributed by atoms with Gasteiger partial charge in [-0.25, -0.2) is 0 Å². The summed E-state index contributed by atoms with van der Waals surface area (Å²) in [5.41, 5.74) is 6.53. The van der Waals surface area contributed by atoms with E-state index in [1.165, 1.54) is 13.2 Å². The molecule has 0 saturated heterocycles. The molecule has 0 fully saturated rings. The van der Waals surface area contributed by atoms with Crippen LogP contribution in [0, 0.1) is 0 Å². The van der Waals surface area contributed by atoms with E-state index < -0.39 is 20.6 Å². The molecular formula is C18H28F3N3O2Si. The minimum atomic E-state index is -4.59. The maximum absolute atomic E-state index is 14.0. The first-order valence-electron chi connectivity index (χ1n) is 8.82. The van der Waals surface area contributed by atoms with Crippen molar-refractivity contribution in [3.8, 4) is 5.75 Å². The summed E-state index contributed by atoms with van der Waals surface area (Å²) < 4.78 is 54.8. The maximum Gasteiger partial charge on any atom is 0.417 e. The number of methoxy groups -OCH3 is 1. The molecule has 0 amide bonds. The maximum atomic E-state index is 14.0. The lowest BCUT2D eigenvalue weighted by molar-refractivity contribution is -0.201. The van der Waals surface area contributed by atoms with Crippen LogP contribution in [0.3, 0.4) is 0 Å². The van der Waals surface area contributed by atoms with Crippen LogP contribution < -0.4 is 10.5 Å². The van der Waals surface area contributed by atoms with Gasteiger partial charge >= 0.3 is 6.18 Å². The fraction of sp³-hybridized carbons (Fsp3) is 0.611. The normalized spacial score (nSPS) is 14.6. The molecule has 0 radical (unpaired) electrons. The van der Waals surface area contributed by atoms with Crippen LogP contribution in [0.4, 0.5) is 19.0 Å². The van der Waals surface area contributed by atoms with Gasteiger partial charge in [0.1, 0.15) is 5.75 Å². The number of alkyl halides is 3. The first kappa shape index (κ1) is 21.6. The third-order valence-electron chi connectivity index (χ3n) is 5.23. The van der Waals surface area contributed by atoms with Crippen molar-refractivity contribution in [2.75, 3.05) is 12.8 Å². The second-order valence-electron chi connectivity index (χ2n) is 8.08. The summed E-state index contributed by atoms with van der Waals surface area (Å²) in [6.07, 6.45) is -6.69. The summed E-state index contributed by atoms with van der Waals surface area (Å²) in [5.74, 6) is 0.199. The monoisotopic (exact) mass is 403 g/mol. The van der Waals surface area contributed by atoms with Crippen molar-refractivity contribution in [3.05, 3.63) is 17.7 Å². The summed E-state index contributed by atoms with van der Waals surface area (Å²) in [4.78, 5) is 0. The molecule has 2 rings (SSSR count). The summed E-state index contributed by atoms with van der Waals surface area (Å²) in [6, 6.07) is 2.99. The van der Waals surface area contributed by atoms with Gasteiger partial charge in [0, 0.05) is 12.1 Å². The van der Waals surface area contributed by atoms with Gasteiger partial charge in [0.05, 0.1) is 18.0 Å². The molecule has 0 spiro atoms. The molecule has 1 unspecified atom stereocenters. The Morgan fingerprint density at radius 3 is 2.26 bits per heavy atom. The first-order chi connectivity index (χ1) is 12.2. The number of benzene rings is 1. The number of hydrogen-bond donors (Lipinski definition) is 1. The highest BCUT2D eigenvalue weighted by atomic mass is 28.4. The van der Waals surface area contributed by atoms with E-state index in [4.69, 9.17) is 14.9 Å². The number of rotatable bonds is 5. The standard InChI is InChI=1S/C18H28F3N3O2Si/c1-8-24-12-10-9-11(14(25-5)13(12)16(22)23-24)15(18(19,20)21)26-27(6,7)17(2,3)4/h9-10,15H,8H2,1-7H3,(H2,22,23). The zero-order valence-electron chi connectivity index (χ0n) is 16.9. The molecule has 9 heteroatoms. The predicted molar refractivity (Wildman–Crippen MR) is 103 cm³/mol. The molecule has 0 aliphatic heterocycles. The Hall–Kier alpha value is -1.74. The van der Waals surface area contributed by atoms with Crippen molar-refractivity contribution in [2.24, 2.45) is 0 Å². The smallest absolute Gasteiger partial charge is 0.417 e. The van der Waals surface area contributed by atoms with Gasteiger partial charge in [0.15, 0.2) is 20.2 Å². The quantitative estimate of drug-likeness (QED) is 0.691. The molecule has 2 N–H and O–H groups in total. The van der Waals surface area contributed by atoms with Crippen LogP contribution in [-0.4, -0.2) is 31.4 Å². The molecule has 0 bridgehead atoms. The van der Waals surface area contributed by atoms with Gasteiger partial charge in [-0.15, -0.1) is 0 Å². The van der Waals surface area contributed by atoms with Crippen molar-refractivity contribution < 1.29 is 22.3 Å². The van der Waals surface area contributed by atoms with Gasteiger partial charge in [-0.1, -0.05) is 26.8 Å². The SMILES string of the molecule is CCn1nc(N)c2c(OC)c(C(O[Si](C)(C)C(C)(C)C)C(F)(F)F)ccc21. The van der Waals surface area contributed by atoms with Crippen LogP contribution in [-0.2, 0) is 11.0 Å². The minimum absolute atomic E-state index is 0.0609. The minimum Gasteiger partial charge on any atom is -0.496 e. The summed E-state index contributed by atoms with van der Waals surface area (Å²) >= 11 is 0. The molecule has 27 heavy (non-hydrogen) atoms. The number of halogens is 3. The number of nitrogens with two attached hydrogens (primary N) is 1. The number of fused-ring (bicyclic) bond motifs is 1. The van der Waals surface area contributed by atoms with E-state index >= 15 is 0 Å². The lowest BCUT2D eigenvalue weighted by atomic mass is 10.0. The third kappa shape index (κ3) is 3.94. The van der Waals surface area contributed by atoms with Gasteiger partial charge in [0.2, 0.25) is 0 Å². The summed E-state index contributed by atoms with van der Waals surface area (Å²) in [5, 5.41) is 4.20. The Bertz CT molecular complexity index is 826. The zero-order chi connectivity index (χ0) is 20.8. The van der Waals surface area contributed by atoms with Crippen LogP contribution in [0.1, 0.15) is 39.4 Å². The molecule has 2 aromatic rings. The van der Waals surface area contributed by atoms with Crippen molar-refractivity contribution >= 4 is 25.0 Å². The van der Waals surface area contributed by atoms with E-state index in [1.807, 2.05) is 27.7 Å². The van der Waals surface area contributed by atoms with E-state index in [0.29, 0.717) is 17.4 Å². The molecule has 1 atom stereocenters. The van der Waals surface area contributed by atoms with Crippen LogP contribution in [0.2, 0.25) is 18.1 Å². The van der Waals surface area contributed by atoms with Crippen LogP contribution in [0.25, 0.3) is 10.9 Å². The number of aromatic nitrogens is 2. The van der Waals surface area contributed by atoms with Gasteiger partial charge in [-0.05, 0) is 31.1 Å². The average molecular weight is 404 g/mol. The predicted octanol–water partition coefficient (Wildman–Crippen LogP) is 5.27. The number of ether oxygens (including phenoxy) is 1. The number of aryl methyl sites for hydroxylation is 1. The highest BCUT2D eigenvalue weighted by Gasteiger charge is 2.49. The molecule has 5 nitrogen and oxygen atoms in total. The molecule has 1 heterocycles. The van der Waals surface area contributed by atoms with Gasteiger partial charge in [-0.2, -0.15) is 18.3 Å². The molecule has 152 valence electrons. The van der Waals surface area contributed by atoms with Crippen LogP contribution in [0.15, 0.2) is 12.1 Å². The summed E-state index contributed by atoms with van der Waals surface area (Å²) in [7, 11) is -1.37. The van der Waals surface area contributed by atoms with E-state index in [2.05, 4.69) is 5.10 Å². The average Bonchev–Trinajstić information content (AvgIpc) is 2.86. The first-order valence-corrected chi connectivity index (χ1v) is 11.7. The van der Waals surface area contributed by atoms with Crippen LogP contribution >= 0.6 is 0 Å². The molecule has 0 saturated carbocycles. The largest absolute Gasteiger partial charge is 0.496 e. The van der Waals surface area contributed by atoms with Crippen LogP contribution in [0.5, 0.6) is 5.75 Å². The fourth-order valence-corrected chi connectivity index (χ4v) is 3.93. The lowest BCUT2D eigenvalue weighted by Gasteiger charge is -2.40. The topological polar surface area (TPSA) is 62.3 Å². The van der Waals surface area contributed by atoms with E-state index in [0.717, 1.165) is 0 Å². The molecular weight excluding hydrogens is 375 g/mol. The Morgan fingerprint density at radius 2 is 1.81 bits per heavy atom. The highest BCUT2D eigenvalue weighted by Crippen LogP contribution is 2.48. The van der Waals surface area contributed by atoms with E-state index in [9.17, 15) is 13.2 Å². The van der Waals surface area contributed by atoms with Crippen molar-refractivity contribution in [1.29, 1.82) is 0 Å². The van der Waals surface area contributed by atoms with Crippen molar-refractivity contribution in [1.82, 2.24) is 9.78 Å². The lowest BCUT2D eigenvalue weighted by Crippen LogP contribution is -2.44. The fourth-order valence-electron chi connectivity index (χ4n) is 2.73. The number of nitrogens with zero attached hydrogens (tertiary/aromatic N) is 2. The highest BCUT2D eigenvalue weighted by molar-refractivity contribution is 6.74. The van der Waals surface area contributed by atoms with Crippen molar-refractivity contribution in [2.45, 2.75) is 64.7 Å². The Kier molecular flexibility index (Phi) is 5.60. The van der Waals surface area contributed by atoms with Crippen molar-refractivity contribution in [3.63, 3.8) is 0 Å². The number of nitrogen functional groups attached to an aromatic ring is 1. The second-order valence-corrected chi connectivity index (χ2v) is 12.8. The third-order valence-corrected chi connectivity index (χ3v) is 9.67. The Morgan fingerprint density at radius 1 is 1.22 bits per heavy atom.